The van der Waals surface area contributed by atoms with Gasteiger partial charge in [-0.05, 0) is 19.4 Å². The molecule has 0 aromatic carbocycles. The zero-order valence-corrected chi connectivity index (χ0v) is 12.0. The third-order valence-corrected chi connectivity index (χ3v) is 3.62. The van der Waals surface area contributed by atoms with Gasteiger partial charge in [0.25, 0.3) is 0 Å². The summed E-state index contributed by atoms with van der Waals surface area (Å²) in [6, 6.07) is 0.335. The lowest BCUT2D eigenvalue weighted by Crippen LogP contribution is -2.41. The molecular weight excluding hydrogens is 254 g/mol. The highest BCUT2D eigenvalue weighted by Crippen LogP contribution is 2.25. The Labute approximate surface area is 119 Å². The quantitative estimate of drug-likeness (QED) is 0.771. The lowest BCUT2D eigenvalue weighted by atomic mass is 10.2. The minimum absolute atomic E-state index is 0.192. The van der Waals surface area contributed by atoms with Gasteiger partial charge < -0.3 is 16.0 Å². The lowest BCUT2D eigenvalue weighted by molar-refractivity contribution is -0.116. The maximum atomic E-state index is 11.3. The zero-order valence-electron chi connectivity index (χ0n) is 12.0. The zero-order chi connectivity index (χ0) is 14.4. The number of hydrogen-bond donors (Lipinski definition) is 2. The van der Waals surface area contributed by atoms with Crippen molar-refractivity contribution >= 4 is 11.9 Å². The van der Waals surface area contributed by atoms with E-state index >= 15 is 0 Å². The van der Waals surface area contributed by atoms with Gasteiger partial charge in [-0.25, -0.2) is 9.97 Å². The molecule has 0 radical (unpaired) electrons. The van der Waals surface area contributed by atoms with E-state index in [2.05, 4.69) is 22.2 Å². The first-order valence-corrected chi connectivity index (χ1v) is 7.27. The standard InChI is InChI=1S/C14H23N5O/c1-2-16-7-11-8-17-14(18-9-11)19(10-13(15)20)12-5-3-4-6-12/h8-9,12,16H,2-7,10H2,1H3,(H2,15,20). The predicted octanol–water partition coefficient (Wildman–Crippen LogP) is 0.820. The molecule has 0 aliphatic heterocycles. The Hall–Kier alpha value is -1.69. The van der Waals surface area contributed by atoms with E-state index in [-0.39, 0.29) is 12.5 Å². The van der Waals surface area contributed by atoms with Gasteiger partial charge in [-0.1, -0.05) is 19.8 Å². The average Bonchev–Trinajstić information content (AvgIpc) is 2.97. The maximum Gasteiger partial charge on any atom is 0.237 e. The van der Waals surface area contributed by atoms with Crippen LogP contribution in [0.5, 0.6) is 0 Å². The van der Waals surface area contributed by atoms with E-state index < -0.39 is 0 Å². The molecule has 1 amide bonds. The number of nitrogens with two attached hydrogens (primary N) is 1. The smallest absolute Gasteiger partial charge is 0.237 e. The fourth-order valence-electron chi connectivity index (χ4n) is 2.60. The van der Waals surface area contributed by atoms with Crippen LogP contribution >= 0.6 is 0 Å². The second-order valence-electron chi connectivity index (χ2n) is 5.20. The van der Waals surface area contributed by atoms with Crippen LogP contribution in [0.25, 0.3) is 0 Å². The van der Waals surface area contributed by atoms with E-state index in [0.29, 0.717) is 12.0 Å². The van der Waals surface area contributed by atoms with Crippen LogP contribution in [-0.2, 0) is 11.3 Å². The van der Waals surface area contributed by atoms with Crippen LogP contribution in [0.15, 0.2) is 12.4 Å². The SMILES string of the molecule is CCNCc1cnc(N(CC(N)=O)C2CCCC2)nc1. The largest absolute Gasteiger partial charge is 0.368 e. The van der Waals surface area contributed by atoms with E-state index in [1.54, 1.807) is 0 Å². The normalized spacial score (nSPS) is 15.4. The van der Waals surface area contributed by atoms with Gasteiger partial charge in [0.1, 0.15) is 0 Å². The van der Waals surface area contributed by atoms with Gasteiger partial charge in [-0.15, -0.1) is 0 Å². The maximum absolute atomic E-state index is 11.3. The molecular formula is C14H23N5O. The second kappa shape index (κ2) is 7.19. The van der Waals surface area contributed by atoms with Crippen LogP contribution in [0.4, 0.5) is 5.95 Å². The van der Waals surface area contributed by atoms with Gasteiger partial charge in [0.05, 0.1) is 6.54 Å². The average molecular weight is 277 g/mol. The molecule has 20 heavy (non-hydrogen) atoms. The Morgan fingerprint density at radius 3 is 2.60 bits per heavy atom. The molecule has 6 nitrogen and oxygen atoms in total. The van der Waals surface area contributed by atoms with E-state index in [0.717, 1.165) is 31.5 Å². The van der Waals surface area contributed by atoms with Crippen molar-refractivity contribution < 1.29 is 4.79 Å². The molecule has 0 unspecified atom stereocenters. The minimum Gasteiger partial charge on any atom is -0.368 e. The summed E-state index contributed by atoms with van der Waals surface area (Å²) in [5, 5.41) is 3.23. The van der Waals surface area contributed by atoms with Crippen molar-refractivity contribution in [1.82, 2.24) is 15.3 Å². The van der Waals surface area contributed by atoms with Crippen LogP contribution in [0.1, 0.15) is 38.2 Å². The summed E-state index contributed by atoms with van der Waals surface area (Å²) in [5.74, 6) is 0.271. The van der Waals surface area contributed by atoms with Crippen molar-refractivity contribution in [1.29, 1.82) is 0 Å². The number of aromatic nitrogens is 2. The van der Waals surface area contributed by atoms with E-state index in [9.17, 15) is 4.79 Å². The molecule has 0 spiro atoms. The van der Waals surface area contributed by atoms with Gasteiger partial charge in [0.15, 0.2) is 0 Å². The Morgan fingerprint density at radius 2 is 2.05 bits per heavy atom. The number of carbonyl (C=O) groups is 1. The first-order chi connectivity index (χ1) is 9.70. The van der Waals surface area contributed by atoms with Gasteiger partial charge in [0, 0.05) is 30.5 Å². The summed E-state index contributed by atoms with van der Waals surface area (Å²) in [7, 11) is 0. The van der Waals surface area contributed by atoms with E-state index in [1.165, 1.54) is 12.8 Å². The van der Waals surface area contributed by atoms with Gasteiger partial charge in [0.2, 0.25) is 11.9 Å². The molecule has 1 aromatic rings. The highest BCUT2D eigenvalue weighted by molar-refractivity contribution is 5.79. The molecule has 6 heteroatoms. The Bertz CT molecular complexity index is 428. The van der Waals surface area contributed by atoms with Crippen LogP contribution in [-0.4, -0.2) is 35.0 Å². The predicted molar refractivity (Wildman–Crippen MR) is 78.2 cm³/mol. The van der Waals surface area contributed by atoms with Crippen LogP contribution < -0.4 is 16.0 Å². The number of nitrogens with one attached hydrogen (secondary N) is 1. The van der Waals surface area contributed by atoms with Gasteiger partial charge in [-0.2, -0.15) is 0 Å². The first kappa shape index (κ1) is 14.7. The molecule has 3 N–H and O–H groups in total. The van der Waals surface area contributed by atoms with Gasteiger partial charge >= 0.3 is 0 Å². The Morgan fingerprint density at radius 1 is 1.40 bits per heavy atom. The minimum atomic E-state index is -0.336. The molecule has 1 heterocycles. The van der Waals surface area contributed by atoms with Crippen LogP contribution in [0, 0.1) is 0 Å². The second-order valence-corrected chi connectivity index (χ2v) is 5.20. The highest BCUT2D eigenvalue weighted by Gasteiger charge is 2.25. The Balaban J connectivity index is 2.09. The highest BCUT2D eigenvalue weighted by atomic mass is 16.1. The number of carbonyl (C=O) groups excluding carboxylic acids is 1. The number of anilines is 1. The molecule has 2 rings (SSSR count). The number of primary amides is 1. The summed E-state index contributed by atoms with van der Waals surface area (Å²) in [5.41, 5.74) is 6.39. The fraction of sp³-hybridized carbons (Fsp3) is 0.643. The summed E-state index contributed by atoms with van der Waals surface area (Å²) in [6.07, 6.45) is 8.17. The summed E-state index contributed by atoms with van der Waals surface area (Å²) >= 11 is 0. The molecule has 0 atom stereocenters. The first-order valence-electron chi connectivity index (χ1n) is 7.27. The van der Waals surface area contributed by atoms with Crippen molar-refractivity contribution in [3.8, 4) is 0 Å². The molecule has 1 aliphatic rings. The van der Waals surface area contributed by atoms with Gasteiger partial charge in [-0.3, -0.25) is 4.79 Å². The molecule has 0 bridgehead atoms. The molecule has 1 fully saturated rings. The van der Waals surface area contributed by atoms with Crippen molar-refractivity contribution in [3.05, 3.63) is 18.0 Å². The van der Waals surface area contributed by atoms with Crippen molar-refractivity contribution in [2.24, 2.45) is 5.73 Å². The van der Waals surface area contributed by atoms with Crippen molar-refractivity contribution in [3.63, 3.8) is 0 Å². The monoisotopic (exact) mass is 277 g/mol. The third-order valence-electron chi connectivity index (χ3n) is 3.62. The number of nitrogens with zero attached hydrogens (tertiary/aromatic N) is 3. The van der Waals surface area contributed by atoms with Crippen LogP contribution in [0.3, 0.4) is 0 Å². The molecule has 1 saturated carbocycles. The lowest BCUT2D eigenvalue weighted by Gasteiger charge is -2.27. The summed E-state index contributed by atoms with van der Waals surface area (Å²) in [4.78, 5) is 22.0. The summed E-state index contributed by atoms with van der Waals surface area (Å²) < 4.78 is 0. The number of hydrogen-bond acceptors (Lipinski definition) is 5. The molecule has 1 aliphatic carbocycles. The molecule has 110 valence electrons. The number of rotatable bonds is 7. The fourth-order valence-corrected chi connectivity index (χ4v) is 2.60. The third kappa shape index (κ3) is 3.90. The Kier molecular flexibility index (Phi) is 5.29. The van der Waals surface area contributed by atoms with Crippen molar-refractivity contribution in [2.75, 3.05) is 18.0 Å². The number of amides is 1. The van der Waals surface area contributed by atoms with E-state index in [1.807, 2.05) is 17.3 Å². The van der Waals surface area contributed by atoms with E-state index in [4.69, 9.17) is 5.73 Å². The molecule has 0 saturated heterocycles. The molecule has 1 aromatic heterocycles. The van der Waals surface area contributed by atoms with Crippen molar-refractivity contribution in [2.45, 2.75) is 45.2 Å². The topological polar surface area (TPSA) is 84.1 Å². The van der Waals surface area contributed by atoms with Crippen LogP contribution in [0.2, 0.25) is 0 Å². The summed E-state index contributed by atoms with van der Waals surface area (Å²) in [6.45, 7) is 3.93.